The SMILES string of the molecule is CCOC(=O)C1=C(CN(C2CC2)[C@@H](C)C2CC2)NC(=O)N[C@H]1c1ccc(C)o1. The van der Waals surface area contributed by atoms with Crippen LogP contribution < -0.4 is 10.6 Å². The van der Waals surface area contributed by atoms with Crippen LogP contribution in [0.3, 0.4) is 0 Å². The maximum absolute atomic E-state index is 12.9. The van der Waals surface area contributed by atoms with Gasteiger partial charge < -0.3 is 19.8 Å². The van der Waals surface area contributed by atoms with Crippen LogP contribution in [-0.2, 0) is 9.53 Å². The first-order valence-electron chi connectivity index (χ1n) is 10.3. The van der Waals surface area contributed by atoms with Crippen LogP contribution in [0.25, 0.3) is 0 Å². The lowest BCUT2D eigenvalue weighted by Crippen LogP contribution is -2.50. The number of nitrogens with zero attached hydrogens (tertiary/aromatic N) is 1. The number of rotatable bonds is 8. The topological polar surface area (TPSA) is 83.8 Å². The molecule has 28 heavy (non-hydrogen) atoms. The Balaban J connectivity index is 1.69. The molecular weight excluding hydrogens is 358 g/mol. The lowest BCUT2D eigenvalue weighted by Gasteiger charge is -2.34. The van der Waals surface area contributed by atoms with Crippen LogP contribution in [0.1, 0.15) is 57.1 Å². The Hall–Kier alpha value is -2.28. The second-order valence-corrected chi connectivity index (χ2v) is 8.07. The van der Waals surface area contributed by atoms with Gasteiger partial charge in [0.1, 0.15) is 17.6 Å². The van der Waals surface area contributed by atoms with Crippen molar-refractivity contribution in [1.29, 1.82) is 0 Å². The summed E-state index contributed by atoms with van der Waals surface area (Å²) >= 11 is 0. The van der Waals surface area contributed by atoms with Crippen LogP contribution in [0.15, 0.2) is 27.8 Å². The molecule has 4 rings (SSSR count). The average molecular weight is 387 g/mol. The van der Waals surface area contributed by atoms with Gasteiger partial charge in [0.05, 0.1) is 12.2 Å². The molecule has 2 aliphatic carbocycles. The summed E-state index contributed by atoms with van der Waals surface area (Å²) in [5.41, 5.74) is 1.06. The molecule has 2 fully saturated rings. The van der Waals surface area contributed by atoms with Crippen LogP contribution >= 0.6 is 0 Å². The quantitative estimate of drug-likeness (QED) is 0.670. The number of hydrogen-bond donors (Lipinski definition) is 2. The van der Waals surface area contributed by atoms with E-state index in [4.69, 9.17) is 9.15 Å². The number of aryl methyl sites for hydroxylation is 1. The minimum atomic E-state index is -0.645. The highest BCUT2D eigenvalue weighted by atomic mass is 16.5. The Morgan fingerprint density at radius 3 is 2.64 bits per heavy atom. The fourth-order valence-corrected chi connectivity index (χ4v) is 4.06. The van der Waals surface area contributed by atoms with E-state index in [0.29, 0.717) is 41.6 Å². The fourth-order valence-electron chi connectivity index (χ4n) is 4.06. The summed E-state index contributed by atoms with van der Waals surface area (Å²) in [7, 11) is 0. The fraction of sp³-hybridized carbons (Fsp3) is 0.619. The van der Waals surface area contributed by atoms with Crippen molar-refractivity contribution in [2.45, 2.75) is 64.6 Å². The highest BCUT2D eigenvalue weighted by Crippen LogP contribution is 2.40. The van der Waals surface area contributed by atoms with Gasteiger partial charge >= 0.3 is 12.0 Å². The number of ether oxygens (including phenoxy) is 1. The van der Waals surface area contributed by atoms with Crippen molar-refractivity contribution in [3.63, 3.8) is 0 Å². The zero-order valence-electron chi connectivity index (χ0n) is 16.8. The van der Waals surface area contributed by atoms with Crippen molar-refractivity contribution >= 4 is 12.0 Å². The van der Waals surface area contributed by atoms with Crippen molar-refractivity contribution < 1.29 is 18.7 Å². The van der Waals surface area contributed by atoms with Crippen molar-refractivity contribution in [2.75, 3.05) is 13.2 Å². The molecule has 2 heterocycles. The van der Waals surface area contributed by atoms with E-state index in [1.165, 1.54) is 25.7 Å². The summed E-state index contributed by atoms with van der Waals surface area (Å²) in [4.78, 5) is 27.7. The molecule has 3 aliphatic rings. The summed E-state index contributed by atoms with van der Waals surface area (Å²) in [6.45, 7) is 6.70. The van der Waals surface area contributed by atoms with Crippen LogP contribution in [-0.4, -0.2) is 42.1 Å². The van der Waals surface area contributed by atoms with Gasteiger partial charge in [-0.05, 0) is 64.5 Å². The predicted molar refractivity (Wildman–Crippen MR) is 103 cm³/mol. The third kappa shape index (κ3) is 3.94. The van der Waals surface area contributed by atoms with E-state index >= 15 is 0 Å². The lowest BCUT2D eigenvalue weighted by atomic mass is 9.99. The van der Waals surface area contributed by atoms with Crippen molar-refractivity contribution in [3.05, 3.63) is 34.9 Å². The van der Waals surface area contributed by atoms with Crippen molar-refractivity contribution in [3.8, 4) is 0 Å². The molecule has 2 saturated carbocycles. The molecular formula is C21H29N3O4. The molecule has 0 bridgehead atoms. The van der Waals surface area contributed by atoms with Gasteiger partial charge in [-0.1, -0.05) is 0 Å². The largest absolute Gasteiger partial charge is 0.464 e. The number of hydrogen-bond acceptors (Lipinski definition) is 5. The molecule has 0 aromatic carbocycles. The lowest BCUT2D eigenvalue weighted by molar-refractivity contribution is -0.139. The molecule has 0 radical (unpaired) electrons. The van der Waals surface area contributed by atoms with Gasteiger partial charge in [0.2, 0.25) is 0 Å². The van der Waals surface area contributed by atoms with Crippen LogP contribution in [0.2, 0.25) is 0 Å². The molecule has 2 amide bonds. The first-order valence-corrected chi connectivity index (χ1v) is 10.3. The summed E-state index contributed by atoms with van der Waals surface area (Å²) in [5, 5.41) is 5.71. The number of urea groups is 1. The van der Waals surface area contributed by atoms with Gasteiger partial charge in [0.25, 0.3) is 0 Å². The van der Waals surface area contributed by atoms with Gasteiger partial charge in [-0.15, -0.1) is 0 Å². The number of furan rings is 1. The number of nitrogens with one attached hydrogen (secondary N) is 2. The summed E-state index contributed by atoms with van der Waals surface area (Å²) in [6.07, 6.45) is 4.87. The van der Waals surface area contributed by atoms with Gasteiger partial charge in [0, 0.05) is 24.3 Å². The molecule has 0 saturated heterocycles. The average Bonchev–Trinajstić information content (AvgIpc) is 3.57. The second kappa shape index (κ2) is 7.62. The van der Waals surface area contributed by atoms with Crippen molar-refractivity contribution in [2.24, 2.45) is 5.92 Å². The van der Waals surface area contributed by atoms with E-state index in [0.717, 1.165) is 5.76 Å². The summed E-state index contributed by atoms with van der Waals surface area (Å²) in [5.74, 6) is 1.57. The van der Waals surface area contributed by atoms with Crippen LogP contribution in [0.4, 0.5) is 4.79 Å². The monoisotopic (exact) mass is 387 g/mol. The minimum Gasteiger partial charge on any atom is -0.464 e. The molecule has 7 nitrogen and oxygen atoms in total. The summed E-state index contributed by atoms with van der Waals surface area (Å²) < 4.78 is 11.1. The third-order valence-electron chi connectivity index (χ3n) is 5.88. The zero-order valence-corrected chi connectivity index (χ0v) is 16.8. The number of carbonyl (C=O) groups excluding carboxylic acids is 2. The Bertz CT molecular complexity index is 791. The van der Waals surface area contributed by atoms with E-state index < -0.39 is 12.0 Å². The van der Waals surface area contributed by atoms with Gasteiger partial charge in [0.15, 0.2) is 0 Å². The standard InChI is InChI=1S/C21H29N3O4/c1-4-27-20(25)18-16(11-24(15-8-9-15)13(3)14-6-7-14)22-21(26)23-19(18)17-10-5-12(2)28-17/h5,10,13-15,19H,4,6-9,11H2,1-3H3,(H2,22,23,26)/t13-,19-/m0/s1. The van der Waals surface area contributed by atoms with E-state index in [1.54, 1.807) is 13.0 Å². The van der Waals surface area contributed by atoms with Crippen LogP contribution in [0, 0.1) is 12.8 Å². The Kier molecular flexibility index (Phi) is 5.19. The summed E-state index contributed by atoms with van der Waals surface area (Å²) in [6, 6.07) is 3.64. The second-order valence-electron chi connectivity index (χ2n) is 8.07. The number of amides is 2. The Labute approximate surface area is 165 Å². The van der Waals surface area contributed by atoms with Gasteiger partial charge in [-0.2, -0.15) is 0 Å². The Morgan fingerprint density at radius 1 is 1.32 bits per heavy atom. The molecule has 0 unspecified atom stereocenters. The zero-order chi connectivity index (χ0) is 19.8. The maximum atomic E-state index is 12.9. The van der Waals surface area contributed by atoms with E-state index in [-0.39, 0.29) is 12.6 Å². The predicted octanol–water partition coefficient (Wildman–Crippen LogP) is 3.02. The normalized spacial score (nSPS) is 23.4. The van der Waals surface area contributed by atoms with E-state index in [1.807, 2.05) is 13.0 Å². The maximum Gasteiger partial charge on any atom is 0.338 e. The number of carbonyl (C=O) groups is 2. The van der Waals surface area contributed by atoms with Gasteiger partial charge in [-0.25, -0.2) is 9.59 Å². The van der Waals surface area contributed by atoms with Gasteiger partial charge in [-0.3, -0.25) is 4.90 Å². The van der Waals surface area contributed by atoms with Crippen LogP contribution in [0.5, 0.6) is 0 Å². The highest BCUT2D eigenvalue weighted by Gasteiger charge is 2.42. The molecule has 1 aromatic rings. The molecule has 2 atom stereocenters. The first-order chi connectivity index (χ1) is 13.5. The smallest absolute Gasteiger partial charge is 0.338 e. The molecule has 2 N–H and O–H groups in total. The molecule has 7 heteroatoms. The highest BCUT2D eigenvalue weighted by molar-refractivity contribution is 5.95. The molecule has 1 aromatic heterocycles. The Morgan fingerprint density at radius 2 is 2.07 bits per heavy atom. The molecule has 152 valence electrons. The number of esters is 1. The van der Waals surface area contributed by atoms with Crippen molar-refractivity contribution in [1.82, 2.24) is 15.5 Å². The van der Waals surface area contributed by atoms with E-state index in [2.05, 4.69) is 22.5 Å². The first kappa shape index (κ1) is 19.1. The molecule has 0 spiro atoms. The molecule has 1 aliphatic heterocycles. The minimum absolute atomic E-state index is 0.276. The van der Waals surface area contributed by atoms with E-state index in [9.17, 15) is 9.59 Å². The third-order valence-corrected chi connectivity index (χ3v) is 5.88.